The third-order valence-electron chi connectivity index (χ3n) is 13.4. The molecule has 2 heterocycles. The molecule has 10 aromatic rings. The summed E-state index contributed by atoms with van der Waals surface area (Å²) in [6.07, 6.45) is 6.09. The number of aromatic nitrogens is 3. The Kier molecular flexibility index (Phi) is 8.72. The van der Waals surface area contributed by atoms with Crippen LogP contribution in [0.1, 0.15) is 43.2 Å². The van der Waals surface area contributed by atoms with Crippen molar-refractivity contribution in [2.24, 2.45) is 0 Å². The minimum absolute atomic E-state index is 0.0382. The average molecular weight is 809 g/mol. The Hall–Kier alpha value is -7.94. The lowest BCUT2D eigenvalue weighted by atomic mass is 9.67. The summed E-state index contributed by atoms with van der Waals surface area (Å²) in [5.74, 6) is 1.82. The summed E-state index contributed by atoms with van der Waals surface area (Å²) in [7, 11) is 0. The number of fused-ring (bicyclic) bond motifs is 8. The number of nitrogens with zero attached hydrogens (tertiary/aromatic N) is 4. The number of hydrogen-bond acceptors (Lipinski definition) is 4. The molecule has 2 aliphatic rings. The quantitative estimate of drug-likeness (QED) is 0.157. The third kappa shape index (κ3) is 6.25. The third-order valence-corrected chi connectivity index (χ3v) is 13.4. The number of para-hydroxylation sites is 1. The highest BCUT2D eigenvalue weighted by Crippen LogP contribution is 2.58. The zero-order valence-corrected chi connectivity index (χ0v) is 34.6. The lowest BCUT2D eigenvalue weighted by Gasteiger charge is -2.36. The van der Waals surface area contributed by atoms with Crippen LogP contribution in [0.4, 0.5) is 5.69 Å². The average Bonchev–Trinajstić information content (AvgIpc) is 3.86. The topological polar surface area (TPSA) is 56.2 Å². The van der Waals surface area contributed by atoms with E-state index in [0.717, 1.165) is 73.7 Å². The van der Waals surface area contributed by atoms with Gasteiger partial charge in [0.05, 0.1) is 6.57 Å². The van der Waals surface area contributed by atoms with E-state index < -0.39 is 0 Å². The van der Waals surface area contributed by atoms with E-state index in [0.29, 0.717) is 23.2 Å². The van der Waals surface area contributed by atoms with Crippen LogP contribution in [0.15, 0.2) is 186 Å². The van der Waals surface area contributed by atoms with E-state index in [4.69, 9.17) is 25.9 Å². The molecule has 1 saturated carbocycles. The molecule has 0 unspecified atom stereocenters. The molecule has 63 heavy (non-hydrogen) atoms. The number of hydrogen-bond donors (Lipinski definition) is 0. The second-order valence-corrected chi connectivity index (χ2v) is 16.9. The van der Waals surface area contributed by atoms with E-state index in [1.807, 2.05) is 42.5 Å². The van der Waals surface area contributed by atoms with Crippen molar-refractivity contribution in [3.05, 3.63) is 205 Å². The second kappa shape index (κ2) is 14.9. The molecule has 1 spiro atoms. The maximum absolute atomic E-state index is 7.79. The lowest BCUT2D eigenvalue weighted by Crippen LogP contribution is -2.27. The Labute approximate surface area is 366 Å². The molecular formula is C58H40N4O. The van der Waals surface area contributed by atoms with Crippen LogP contribution in [0.25, 0.3) is 105 Å². The highest BCUT2D eigenvalue weighted by atomic mass is 16.3. The minimum Gasteiger partial charge on any atom is -0.456 e. The SMILES string of the molecule is [C-]#[N+]c1ccc2c(c1)-c1c(-c3ccc(-c4ccc(-c5nc(-c6ccc(-c7ccccc7)cc6)nc(-c6ccc7oc8ccccc8c7c6)n5)cc4)cc3)cccc1C21CCCCC1. The van der Waals surface area contributed by atoms with Crippen molar-refractivity contribution in [1.82, 2.24) is 15.0 Å². The maximum Gasteiger partial charge on any atom is 0.187 e. The highest BCUT2D eigenvalue weighted by molar-refractivity contribution is 6.06. The summed E-state index contributed by atoms with van der Waals surface area (Å²) >= 11 is 0. The van der Waals surface area contributed by atoms with Gasteiger partial charge < -0.3 is 4.42 Å². The van der Waals surface area contributed by atoms with Crippen molar-refractivity contribution in [3.63, 3.8) is 0 Å². The molecule has 0 radical (unpaired) electrons. The second-order valence-electron chi connectivity index (χ2n) is 16.9. The molecule has 1 fully saturated rings. The van der Waals surface area contributed by atoms with Crippen molar-refractivity contribution >= 4 is 27.6 Å². The van der Waals surface area contributed by atoms with Crippen LogP contribution in [0.5, 0.6) is 0 Å². The van der Waals surface area contributed by atoms with E-state index in [-0.39, 0.29) is 5.41 Å². The highest BCUT2D eigenvalue weighted by Gasteiger charge is 2.44. The molecule has 0 amide bonds. The maximum atomic E-state index is 7.79. The van der Waals surface area contributed by atoms with E-state index in [1.165, 1.54) is 52.6 Å². The molecule has 0 bridgehead atoms. The lowest BCUT2D eigenvalue weighted by molar-refractivity contribution is 0.353. The van der Waals surface area contributed by atoms with Gasteiger partial charge in [0.2, 0.25) is 0 Å². The van der Waals surface area contributed by atoms with Crippen LogP contribution < -0.4 is 0 Å². The van der Waals surface area contributed by atoms with Gasteiger partial charge in [-0.3, -0.25) is 0 Å². The van der Waals surface area contributed by atoms with Crippen LogP contribution in [-0.2, 0) is 5.41 Å². The molecule has 0 saturated heterocycles. The fraction of sp³-hybridized carbons (Fsp3) is 0.103. The van der Waals surface area contributed by atoms with Crippen LogP contribution in [0.3, 0.4) is 0 Å². The fourth-order valence-electron chi connectivity index (χ4n) is 10.3. The number of benzene rings is 8. The predicted octanol–water partition coefficient (Wildman–Crippen LogP) is 15.6. The van der Waals surface area contributed by atoms with Crippen molar-refractivity contribution < 1.29 is 4.42 Å². The first kappa shape index (κ1) is 36.9. The predicted molar refractivity (Wildman–Crippen MR) is 255 cm³/mol. The van der Waals surface area contributed by atoms with Gasteiger partial charge in [-0.25, -0.2) is 19.8 Å². The summed E-state index contributed by atoms with van der Waals surface area (Å²) < 4.78 is 6.15. The fourth-order valence-corrected chi connectivity index (χ4v) is 10.3. The molecule has 0 N–H and O–H groups in total. The van der Waals surface area contributed by atoms with Crippen LogP contribution in [0.2, 0.25) is 0 Å². The van der Waals surface area contributed by atoms with Gasteiger partial charge in [0.15, 0.2) is 23.2 Å². The first-order valence-corrected chi connectivity index (χ1v) is 21.8. The standard InChI is InChI=1S/C58H40N4O/c1-59-45-30-31-50-49(36-45)54-46(14-10-15-51(54)58(50)33-8-3-9-34-58)41-23-17-39(18-24-41)40-21-27-43(28-22-40)56-60-55(42-25-19-38(20-26-42)37-11-4-2-5-12-37)61-57(62-56)44-29-32-53-48(35-44)47-13-6-7-16-52(47)63-53/h2,4-7,10-32,35-36H,3,8-9,33-34H2. The van der Waals surface area contributed by atoms with E-state index >= 15 is 0 Å². The zero-order valence-electron chi connectivity index (χ0n) is 34.6. The molecule has 298 valence electrons. The summed E-state index contributed by atoms with van der Waals surface area (Å²) in [5, 5.41) is 2.09. The van der Waals surface area contributed by atoms with Crippen LogP contribution >= 0.6 is 0 Å². The van der Waals surface area contributed by atoms with Gasteiger partial charge in [-0.2, -0.15) is 0 Å². The van der Waals surface area contributed by atoms with Crippen molar-refractivity contribution in [2.75, 3.05) is 0 Å². The van der Waals surface area contributed by atoms with Crippen LogP contribution in [-0.4, -0.2) is 15.0 Å². The first-order chi connectivity index (χ1) is 31.1. The molecule has 2 aliphatic carbocycles. The van der Waals surface area contributed by atoms with Gasteiger partial charge in [-0.15, -0.1) is 0 Å². The van der Waals surface area contributed by atoms with E-state index in [1.54, 1.807) is 0 Å². The Morgan fingerprint density at radius 3 is 1.63 bits per heavy atom. The Balaban J connectivity index is 0.896. The molecular weight excluding hydrogens is 769 g/mol. The summed E-state index contributed by atoms with van der Waals surface area (Å²) in [4.78, 5) is 19.1. The monoisotopic (exact) mass is 808 g/mol. The van der Waals surface area contributed by atoms with E-state index in [2.05, 4.69) is 144 Å². The summed E-state index contributed by atoms with van der Waals surface area (Å²) in [6, 6.07) is 63.8. The molecule has 12 rings (SSSR count). The van der Waals surface area contributed by atoms with Gasteiger partial charge in [-0.05, 0) is 98.8 Å². The van der Waals surface area contributed by atoms with Gasteiger partial charge in [0, 0.05) is 32.9 Å². The largest absolute Gasteiger partial charge is 0.456 e. The normalized spacial score (nSPS) is 13.8. The molecule has 2 aromatic heterocycles. The summed E-state index contributed by atoms with van der Waals surface area (Å²) in [6.45, 7) is 7.79. The molecule has 5 heteroatoms. The Morgan fingerprint density at radius 1 is 0.413 bits per heavy atom. The minimum atomic E-state index is 0.0382. The van der Waals surface area contributed by atoms with Gasteiger partial charge in [0.1, 0.15) is 11.2 Å². The van der Waals surface area contributed by atoms with Crippen LogP contribution in [0, 0.1) is 6.57 Å². The van der Waals surface area contributed by atoms with Gasteiger partial charge >= 0.3 is 0 Å². The first-order valence-electron chi connectivity index (χ1n) is 21.8. The van der Waals surface area contributed by atoms with Gasteiger partial charge in [0.25, 0.3) is 0 Å². The number of rotatable bonds is 6. The number of furan rings is 1. The Morgan fingerprint density at radius 2 is 0.968 bits per heavy atom. The Bertz CT molecular complexity index is 3410. The van der Waals surface area contributed by atoms with Crippen molar-refractivity contribution in [2.45, 2.75) is 37.5 Å². The zero-order chi connectivity index (χ0) is 41.9. The van der Waals surface area contributed by atoms with Gasteiger partial charge in [-0.1, -0.05) is 171 Å². The smallest absolute Gasteiger partial charge is 0.187 e. The van der Waals surface area contributed by atoms with E-state index in [9.17, 15) is 0 Å². The van der Waals surface area contributed by atoms with Crippen molar-refractivity contribution in [1.29, 1.82) is 0 Å². The molecule has 5 nitrogen and oxygen atoms in total. The molecule has 0 atom stereocenters. The summed E-state index contributed by atoms with van der Waals surface area (Å²) in [5.41, 5.74) is 17.5. The molecule has 0 aliphatic heterocycles. The van der Waals surface area contributed by atoms with Crippen molar-refractivity contribution in [3.8, 4) is 78.7 Å². The molecule has 8 aromatic carbocycles.